The molecule has 0 unspecified atom stereocenters. The highest BCUT2D eigenvalue weighted by Crippen LogP contribution is 2.22. The maximum atomic E-state index is 11.7. The van der Waals surface area contributed by atoms with Gasteiger partial charge < -0.3 is 14.8 Å². The fraction of sp³-hybridized carbons (Fsp3) is 0.900. The van der Waals surface area contributed by atoms with E-state index in [2.05, 4.69) is 12.2 Å². The van der Waals surface area contributed by atoms with E-state index in [1.54, 1.807) is 0 Å². The number of rotatable bonds is 4. The van der Waals surface area contributed by atoms with E-state index in [0.29, 0.717) is 26.1 Å². The van der Waals surface area contributed by atoms with Crippen LogP contribution in [0.2, 0.25) is 0 Å². The zero-order chi connectivity index (χ0) is 10.4. The molecule has 1 aliphatic heterocycles. The van der Waals surface area contributed by atoms with Gasteiger partial charge in [-0.25, -0.2) is 0 Å². The van der Waals surface area contributed by atoms with Gasteiger partial charge in [-0.2, -0.15) is 0 Å². The minimum absolute atomic E-state index is 0.158. The van der Waals surface area contributed by atoms with E-state index in [-0.39, 0.29) is 5.97 Å². The molecule has 1 N–H and O–H groups in total. The summed E-state index contributed by atoms with van der Waals surface area (Å²) in [7, 11) is 1.44. The Morgan fingerprint density at radius 3 is 2.64 bits per heavy atom. The third-order valence-electron chi connectivity index (χ3n) is 2.64. The van der Waals surface area contributed by atoms with Gasteiger partial charge in [0.15, 0.2) is 0 Å². The van der Waals surface area contributed by atoms with Gasteiger partial charge in [-0.3, -0.25) is 4.79 Å². The second kappa shape index (κ2) is 5.32. The molecule has 0 spiro atoms. The quantitative estimate of drug-likeness (QED) is 0.680. The summed E-state index contributed by atoms with van der Waals surface area (Å²) in [6.45, 7) is 4.18. The minimum Gasteiger partial charge on any atom is -0.468 e. The van der Waals surface area contributed by atoms with Crippen molar-refractivity contribution in [1.82, 2.24) is 5.32 Å². The summed E-state index contributed by atoms with van der Waals surface area (Å²) in [6.07, 6.45) is 2.43. The predicted molar refractivity (Wildman–Crippen MR) is 53.1 cm³/mol. The van der Waals surface area contributed by atoms with Crippen LogP contribution in [0, 0.1) is 0 Å². The Morgan fingerprint density at radius 2 is 2.14 bits per heavy atom. The fourth-order valence-electron chi connectivity index (χ4n) is 1.73. The Kier molecular flexibility index (Phi) is 4.35. The molecule has 1 fully saturated rings. The molecule has 82 valence electrons. The number of carbonyl (C=O) groups is 1. The van der Waals surface area contributed by atoms with Gasteiger partial charge in [-0.05, 0) is 25.8 Å². The highest BCUT2D eigenvalue weighted by molar-refractivity contribution is 5.80. The molecule has 1 rings (SSSR count). The first kappa shape index (κ1) is 11.5. The van der Waals surface area contributed by atoms with Gasteiger partial charge in [-0.15, -0.1) is 0 Å². The van der Waals surface area contributed by atoms with Gasteiger partial charge in [0, 0.05) is 13.2 Å². The Hall–Kier alpha value is -0.610. The van der Waals surface area contributed by atoms with E-state index in [9.17, 15) is 4.79 Å². The van der Waals surface area contributed by atoms with Crippen LogP contribution < -0.4 is 5.32 Å². The molecule has 14 heavy (non-hydrogen) atoms. The molecule has 4 nitrogen and oxygen atoms in total. The smallest absolute Gasteiger partial charge is 0.326 e. The molecule has 0 amide bonds. The molecule has 0 aromatic carbocycles. The molecule has 1 saturated heterocycles. The fourth-order valence-corrected chi connectivity index (χ4v) is 1.73. The number of esters is 1. The SMILES string of the molecule is CCCNC1(C(=O)OC)CCOCC1. The molecule has 0 radical (unpaired) electrons. The van der Waals surface area contributed by atoms with Crippen molar-refractivity contribution in [3.8, 4) is 0 Å². The number of methoxy groups -OCH3 is 1. The van der Waals surface area contributed by atoms with E-state index in [4.69, 9.17) is 9.47 Å². The lowest BCUT2D eigenvalue weighted by molar-refractivity contribution is -0.152. The van der Waals surface area contributed by atoms with Crippen molar-refractivity contribution in [2.75, 3.05) is 26.9 Å². The van der Waals surface area contributed by atoms with Gasteiger partial charge >= 0.3 is 5.97 Å². The second-order valence-corrected chi connectivity index (χ2v) is 3.61. The maximum absolute atomic E-state index is 11.7. The molecule has 0 bridgehead atoms. The number of hydrogen-bond donors (Lipinski definition) is 1. The molecule has 0 aromatic rings. The number of ether oxygens (including phenoxy) is 2. The first-order chi connectivity index (χ1) is 6.75. The lowest BCUT2D eigenvalue weighted by Gasteiger charge is -2.35. The highest BCUT2D eigenvalue weighted by Gasteiger charge is 2.40. The topological polar surface area (TPSA) is 47.6 Å². The molecule has 0 aromatic heterocycles. The van der Waals surface area contributed by atoms with Crippen molar-refractivity contribution in [2.24, 2.45) is 0 Å². The monoisotopic (exact) mass is 201 g/mol. The Labute approximate surface area is 85.0 Å². The van der Waals surface area contributed by atoms with Crippen molar-refractivity contribution >= 4 is 5.97 Å². The van der Waals surface area contributed by atoms with Crippen LogP contribution in [0.15, 0.2) is 0 Å². The summed E-state index contributed by atoms with van der Waals surface area (Å²) in [6, 6.07) is 0. The molecule has 4 heteroatoms. The van der Waals surface area contributed by atoms with Crippen LogP contribution in [0.3, 0.4) is 0 Å². The van der Waals surface area contributed by atoms with Crippen LogP contribution in [0.5, 0.6) is 0 Å². The second-order valence-electron chi connectivity index (χ2n) is 3.61. The van der Waals surface area contributed by atoms with Crippen LogP contribution in [0.1, 0.15) is 26.2 Å². The lowest BCUT2D eigenvalue weighted by Crippen LogP contribution is -2.56. The van der Waals surface area contributed by atoms with Crippen LogP contribution in [-0.4, -0.2) is 38.4 Å². The Bertz CT molecular complexity index is 188. The highest BCUT2D eigenvalue weighted by atomic mass is 16.5. The zero-order valence-corrected chi connectivity index (χ0v) is 8.97. The first-order valence-electron chi connectivity index (χ1n) is 5.16. The van der Waals surface area contributed by atoms with Gasteiger partial charge in [-0.1, -0.05) is 6.92 Å². The molecule has 0 atom stereocenters. The predicted octanol–water partition coefficient (Wildman–Crippen LogP) is 0.708. The summed E-state index contributed by atoms with van der Waals surface area (Å²) >= 11 is 0. The summed E-state index contributed by atoms with van der Waals surface area (Å²) in [4.78, 5) is 11.7. The molecular formula is C10H19NO3. The summed E-state index contributed by atoms with van der Waals surface area (Å²) in [5, 5.41) is 3.28. The van der Waals surface area contributed by atoms with Crippen molar-refractivity contribution in [2.45, 2.75) is 31.7 Å². The lowest BCUT2D eigenvalue weighted by atomic mass is 9.90. The molecule has 1 aliphatic rings. The largest absolute Gasteiger partial charge is 0.468 e. The van der Waals surface area contributed by atoms with Gasteiger partial charge in [0.1, 0.15) is 5.54 Å². The van der Waals surface area contributed by atoms with Crippen molar-refractivity contribution in [3.05, 3.63) is 0 Å². The van der Waals surface area contributed by atoms with Gasteiger partial charge in [0.25, 0.3) is 0 Å². The number of hydrogen-bond acceptors (Lipinski definition) is 4. The van der Waals surface area contributed by atoms with Gasteiger partial charge in [0.05, 0.1) is 7.11 Å². The number of nitrogens with one attached hydrogen (secondary N) is 1. The van der Waals surface area contributed by atoms with E-state index < -0.39 is 5.54 Å². The third kappa shape index (κ3) is 2.45. The van der Waals surface area contributed by atoms with E-state index in [1.807, 2.05) is 0 Å². The van der Waals surface area contributed by atoms with Crippen LogP contribution in [0.25, 0.3) is 0 Å². The van der Waals surface area contributed by atoms with Crippen molar-refractivity contribution < 1.29 is 14.3 Å². The van der Waals surface area contributed by atoms with Crippen molar-refractivity contribution in [3.63, 3.8) is 0 Å². The Balaban J connectivity index is 2.61. The summed E-state index contributed by atoms with van der Waals surface area (Å²) in [5.74, 6) is -0.158. The van der Waals surface area contributed by atoms with E-state index >= 15 is 0 Å². The number of carbonyl (C=O) groups excluding carboxylic acids is 1. The van der Waals surface area contributed by atoms with Crippen molar-refractivity contribution in [1.29, 1.82) is 0 Å². The zero-order valence-electron chi connectivity index (χ0n) is 8.97. The molecule has 0 saturated carbocycles. The Morgan fingerprint density at radius 1 is 1.50 bits per heavy atom. The van der Waals surface area contributed by atoms with Gasteiger partial charge in [0.2, 0.25) is 0 Å². The molecule has 1 heterocycles. The standard InChI is InChI=1S/C10H19NO3/c1-3-6-11-10(9(12)13-2)4-7-14-8-5-10/h11H,3-8H2,1-2H3. The first-order valence-corrected chi connectivity index (χ1v) is 5.16. The van der Waals surface area contributed by atoms with E-state index in [1.165, 1.54) is 7.11 Å². The molecular weight excluding hydrogens is 182 g/mol. The van der Waals surface area contributed by atoms with E-state index in [0.717, 1.165) is 13.0 Å². The minimum atomic E-state index is -0.497. The average molecular weight is 201 g/mol. The average Bonchev–Trinajstić information content (AvgIpc) is 2.26. The maximum Gasteiger partial charge on any atom is 0.326 e. The van der Waals surface area contributed by atoms with Crippen LogP contribution in [-0.2, 0) is 14.3 Å². The van der Waals surface area contributed by atoms with Crippen LogP contribution >= 0.6 is 0 Å². The molecule has 0 aliphatic carbocycles. The van der Waals surface area contributed by atoms with Crippen LogP contribution in [0.4, 0.5) is 0 Å². The summed E-state index contributed by atoms with van der Waals surface area (Å²) in [5.41, 5.74) is -0.497. The third-order valence-corrected chi connectivity index (χ3v) is 2.64. The summed E-state index contributed by atoms with van der Waals surface area (Å²) < 4.78 is 10.1. The normalized spacial score (nSPS) is 20.4.